The van der Waals surface area contributed by atoms with Gasteiger partial charge in [-0.15, -0.1) is 0 Å². The molecule has 0 amide bonds. The summed E-state index contributed by atoms with van der Waals surface area (Å²) in [6.45, 7) is 0.746. The van der Waals surface area contributed by atoms with Gasteiger partial charge >= 0.3 is 0 Å². The summed E-state index contributed by atoms with van der Waals surface area (Å²) in [7, 11) is 0. The van der Waals surface area contributed by atoms with E-state index in [2.05, 4.69) is 10.3 Å². The maximum atomic E-state index is 10.6. The van der Waals surface area contributed by atoms with Crippen molar-refractivity contribution in [2.45, 2.75) is 25.7 Å². The molecule has 0 radical (unpaired) electrons. The van der Waals surface area contributed by atoms with E-state index in [1.165, 1.54) is 31.5 Å². The van der Waals surface area contributed by atoms with Crippen LogP contribution in [-0.2, 0) is 0 Å². The first-order valence-corrected chi connectivity index (χ1v) is 5.99. The fraction of sp³-hybridized carbons (Fsp3) is 0.500. The molecule has 1 aromatic heterocycles. The molecule has 6 heteroatoms. The van der Waals surface area contributed by atoms with Crippen molar-refractivity contribution in [3.05, 3.63) is 27.9 Å². The first-order valence-electron chi connectivity index (χ1n) is 5.99. The van der Waals surface area contributed by atoms with Crippen LogP contribution in [0.4, 0.5) is 11.5 Å². The molecule has 1 fully saturated rings. The second kappa shape index (κ2) is 5.45. The molecule has 0 unspecified atom stereocenters. The lowest BCUT2D eigenvalue weighted by molar-refractivity contribution is -0.385. The second-order valence-electron chi connectivity index (χ2n) is 4.47. The van der Waals surface area contributed by atoms with Crippen LogP contribution in [0.3, 0.4) is 0 Å². The summed E-state index contributed by atoms with van der Waals surface area (Å²) in [6.07, 6.45) is 6.07. The van der Waals surface area contributed by atoms with Crippen LogP contribution in [0.1, 0.15) is 31.2 Å². The normalized spacial score (nSPS) is 13.9. The van der Waals surface area contributed by atoms with Gasteiger partial charge in [-0.3, -0.25) is 10.1 Å². The fourth-order valence-electron chi connectivity index (χ4n) is 1.78. The topological polar surface area (TPSA) is 91.8 Å². The Morgan fingerprint density at radius 2 is 2.39 bits per heavy atom. The van der Waals surface area contributed by atoms with E-state index >= 15 is 0 Å². The van der Waals surface area contributed by atoms with Crippen molar-refractivity contribution in [3.8, 4) is 6.07 Å². The molecule has 0 saturated heterocycles. The number of aromatic nitrogens is 1. The maximum Gasteiger partial charge on any atom is 0.289 e. The molecule has 18 heavy (non-hydrogen) atoms. The summed E-state index contributed by atoms with van der Waals surface area (Å²) >= 11 is 0. The molecule has 1 heterocycles. The molecule has 1 saturated carbocycles. The Labute approximate surface area is 105 Å². The summed E-state index contributed by atoms with van der Waals surface area (Å²) in [5, 5.41) is 22.5. The van der Waals surface area contributed by atoms with Crippen LogP contribution in [0.2, 0.25) is 0 Å². The highest BCUT2D eigenvalue weighted by atomic mass is 16.6. The van der Waals surface area contributed by atoms with Crippen LogP contribution >= 0.6 is 0 Å². The van der Waals surface area contributed by atoms with Crippen LogP contribution < -0.4 is 5.32 Å². The molecule has 1 aliphatic carbocycles. The van der Waals surface area contributed by atoms with E-state index in [-0.39, 0.29) is 11.3 Å². The Balaban J connectivity index is 1.94. The smallest absolute Gasteiger partial charge is 0.289 e. The van der Waals surface area contributed by atoms with E-state index in [9.17, 15) is 10.1 Å². The SMILES string of the molecule is N#Cc1cc([N+](=O)[O-])cnc1NCCCC1CC1. The molecular weight excluding hydrogens is 232 g/mol. The standard InChI is InChI=1S/C12H14N4O2/c13-7-10-6-11(16(17)18)8-15-12(10)14-5-1-2-9-3-4-9/h6,8-9H,1-5H2,(H,14,15). The Morgan fingerprint density at radius 1 is 1.61 bits per heavy atom. The van der Waals surface area contributed by atoms with Crippen LogP contribution in [0, 0.1) is 27.4 Å². The fourth-order valence-corrected chi connectivity index (χ4v) is 1.78. The van der Waals surface area contributed by atoms with Gasteiger partial charge in [0.2, 0.25) is 0 Å². The van der Waals surface area contributed by atoms with Gasteiger partial charge in [-0.25, -0.2) is 4.98 Å². The Hall–Kier alpha value is -2.16. The average molecular weight is 246 g/mol. The molecule has 1 N–H and O–H groups in total. The Bertz CT molecular complexity index is 491. The van der Waals surface area contributed by atoms with E-state index in [0.717, 1.165) is 18.9 Å². The molecule has 0 aromatic carbocycles. The summed E-state index contributed by atoms with van der Waals surface area (Å²) < 4.78 is 0. The summed E-state index contributed by atoms with van der Waals surface area (Å²) in [4.78, 5) is 13.9. The van der Waals surface area contributed by atoms with Crippen molar-refractivity contribution in [3.63, 3.8) is 0 Å². The molecule has 0 bridgehead atoms. The van der Waals surface area contributed by atoms with Gasteiger partial charge in [-0.2, -0.15) is 5.26 Å². The number of pyridine rings is 1. The minimum Gasteiger partial charge on any atom is -0.369 e. The maximum absolute atomic E-state index is 10.6. The zero-order valence-corrected chi connectivity index (χ0v) is 9.93. The molecule has 0 spiro atoms. The minimum atomic E-state index is -0.551. The number of nitriles is 1. The zero-order chi connectivity index (χ0) is 13.0. The van der Waals surface area contributed by atoms with Crippen molar-refractivity contribution < 1.29 is 4.92 Å². The first kappa shape index (κ1) is 12.3. The highest BCUT2D eigenvalue weighted by Gasteiger charge is 2.20. The van der Waals surface area contributed by atoms with Crippen molar-refractivity contribution in [2.24, 2.45) is 5.92 Å². The lowest BCUT2D eigenvalue weighted by Gasteiger charge is -2.06. The number of hydrogen-bond acceptors (Lipinski definition) is 5. The Morgan fingerprint density at radius 3 is 3.00 bits per heavy atom. The molecule has 2 rings (SSSR count). The predicted molar refractivity (Wildman–Crippen MR) is 66.1 cm³/mol. The molecule has 1 aliphatic rings. The van der Waals surface area contributed by atoms with Gasteiger partial charge in [-0.1, -0.05) is 12.8 Å². The highest BCUT2D eigenvalue weighted by Crippen LogP contribution is 2.33. The molecule has 0 aliphatic heterocycles. The largest absolute Gasteiger partial charge is 0.369 e. The van der Waals surface area contributed by atoms with E-state index in [4.69, 9.17) is 5.26 Å². The van der Waals surface area contributed by atoms with Crippen LogP contribution in [0.25, 0.3) is 0 Å². The summed E-state index contributed by atoms with van der Waals surface area (Å²) in [5.41, 5.74) is 0.0608. The summed E-state index contributed by atoms with van der Waals surface area (Å²) in [6, 6.07) is 3.17. The van der Waals surface area contributed by atoms with Gasteiger partial charge in [0.15, 0.2) is 0 Å². The average Bonchev–Trinajstić information content (AvgIpc) is 3.18. The van der Waals surface area contributed by atoms with E-state index < -0.39 is 4.92 Å². The molecule has 6 nitrogen and oxygen atoms in total. The number of nitrogens with one attached hydrogen (secondary N) is 1. The quantitative estimate of drug-likeness (QED) is 0.473. The first-order chi connectivity index (χ1) is 8.70. The van der Waals surface area contributed by atoms with Gasteiger partial charge in [-0.05, 0) is 18.8 Å². The van der Waals surface area contributed by atoms with Gasteiger partial charge in [0.1, 0.15) is 23.6 Å². The summed E-state index contributed by atoms with van der Waals surface area (Å²) in [5.74, 6) is 1.31. The monoisotopic (exact) mass is 246 g/mol. The van der Waals surface area contributed by atoms with E-state index in [0.29, 0.717) is 5.82 Å². The van der Waals surface area contributed by atoms with Gasteiger partial charge in [0.25, 0.3) is 5.69 Å². The number of rotatable bonds is 6. The van der Waals surface area contributed by atoms with E-state index in [1.807, 2.05) is 6.07 Å². The third-order valence-electron chi connectivity index (χ3n) is 2.98. The third kappa shape index (κ3) is 3.17. The molecule has 94 valence electrons. The Kier molecular flexibility index (Phi) is 3.72. The number of nitro groups is 1. The van der Waals surface area contributed by atoms with Crippen LogP contribution in [0.5, 0.6) is 0 Å². The lowest BCUT2D eigenvalue weighted by atomic mass is 10.2. The highest BCUT2D eigenvalue weighted by molar-refractivity contribution is 5.55. The predicted octanol–water partition coefficient (Wildman–Crippen LogP) is 2.46. The van der Waals surface area contributed by atoms with Crippen LogP contribution in [0.15, 0.2) is 12.3 Å². The number of nitrogens with zero attached hydrogens (tertiary/aromatic N) is 3. The van der Waals surface area contributed by atoms with Gasteiger partial charge in [0.05, 0.1) is 4.92 Å². The van der Waals surface area contributed by atoms with Gasteiger partial charge < -0.3 is 5.32 Å². The number of anilines is 1. The molecule has 0 atom stereocenters. The third-order valence-corrected chi connectivity index (χ3v) is 2.98. The van der Waals surface area contributed by atoms with Crippen molar-refractivity contribution in [1.82, 2.24) is 4.98 Å². The number of hydrogen-bond donors (Lipinski definition) is 1. The van der Waals surface area contributed by atoms with Crippen molar-refractivity contribution in [2.75, 3.05) is 11.9 Å². The van der Waals surface area contributed by atoms with Crippen molar-refractivity contribution >= 4 is 11.5 Å². The zero-order valence-electron chi connectivity index (χ0n) is 9.93. The molecular formula is C12H14N4O2. The molecule has 1 aromatic rings. The van der Waals surface area contributed by atoms with Crippen molar-refractivity contribution in [1.29, 1.82) is 5.26 Å². The van der Waals surface area contributed by atoms with E-state index in [1.54, 1.807) is 0 Å². The minimum absolute atomic E-state index is 0.157. The lowest BCUT2D eigenvalue weighted by Crippen LogP contribution is -2.06. The second-order valence-corrected chi connectivity index (χ2v) is 4.47. The van der Waals surface area contributed by atoms with Crippen LogP contribution in [-0.4, -0.2) is 16.5 Å². The van der Waals surface area contributed by atoms with Gasteiger partial charge in [0, 0.05) is 12.6 Å².